The predicted octanol–water partition coefficient (Wildman–Crippen LogP) is 10.2. The first kappa shape index (κ1) is 63.9. The first-order valence-electron chi connectivity index (χ1n) is 27.1. The average Bonchev–Trinajstić information content (AvgIpc) is 3.65. The molecular formula is C62H68O20. The van der Waals surface area contributed by atoms with E-state index in [9.17, 15) is 47.9 Å². The molecule has 436 valence electrons. The van der Waals surface area contributed by atoms with Gasteiger partial charge in [-0.15, -0.1) is 0 Å². The van der Waals surface area contributed by atoms with Gasteiger partial charge in [0.15, 0.2) is 0 Å². The molecular weight excluding hydrogens is 1060 g/mol. The maximum Gasteiger partial charge on any atom is 0.343 e. The van der Waals surface area contributed by atoms with Gasteiger partial charge in [-0.1, -0.05) is 53.7 Å². The third kappa shape index (κ3) is 20.3. The van der Waals surface area contributed by atoms with E-state index in [0.717, 1.165) is 25.0 Å². The molecule has 2 unspecified atom stereocenters. The van der Waals surface area contributed by atoms with E-state index in [2.05, 4.69) is 13.2 Å². The molecule has 0 spiro atoms. The van der Waals surface area contributed by atoms with Crippen LogP contribution in [0.5, 0.6) is 23.0 Å². The number of esters is 10. The minimum atomic E-state index is -0.859. The molecule has 1 aliphatic rings. The summed E-state index contributed by atoms with van der Waals surface area (Å²) in [5, 5.41) is 0. The Labute approximate surface area is 475 Å². The highest BCUT2D eigenvalue weighted by Gasteiger charge is 2.33. The molecule has 0 heterocycles. The molecule has 0 radical (unpaired) electrons. The molecule has 4 aromatic carbocycles. The van der Waals surface area contributed by atoms with Crippen LogP contribution in [0.25, 0.3) is 0 Å². The van der Waals surface area contributed by atoms with Crippen LogP contribution < -0.4 is 18.9 Å². The minimum absolute atomic E-state index is 0.0149. The second kappa shape index (κ2) is 33.0. The minimum Gasteiger partial charge on any atom is -0.463 e. The van der Waals surface area contributed by atoms with Crippen LogP contribution in [0.3, 0.4) is 0 Å². The highest BCUT2D eigenvalue weighted by Crippen LogP contribution is 2.34. The molecule has 0 aliphatic heterocycles. The number of hydrogen-bond acceptors (Lipinski definition) is 20. The van der Waals surface area contributed by atoms with Crippen LogP contribution in [0.15, 0.2) is 110 Å². The molecule has 0 N–H and O–H groups in total. The first-order valence-corrected chi connectivity index (χ1v) is 27.1. The van der Waals surface area contributed by atoms with E-state index in [-0.39, 0.29) is 134 Å². The zero-order valence-corrected chi connectivity index (χ0v) is 46.4. The van der Waals surface area contributed by atoms with Crippen LogP contribution in [-0.4, -0.2) is 99.3 Å². The molecule has 82 heavy (non-hydrogen) atoms. The van der Waals surface area contributed by atoms with E-state index in [1.54, 1.807) is 0 Å². The summed E-state index contributed by atoms with van der Waals surface area (Å²) in [6.07, 6.45) is 6.35. The molecule has 5 rings (SSSR count). The van der Waals surface area contributed by atoms with Gasteiger partial charge in [-0.2, -0.15) is 0 Å². The molecule has 0 amide bonds. The van der Waals surface area contributed by atoms with E-state index < -0.39 is 71.5 Å². The SMILES string of the molecule is C=CC(=O)OCCCCOC(=O)c1ccc(C(=O)Oc2ccc(OC(=O)C3CCC(C(=O)Oc4ccc(OC(=O)c5ccc(C(=O)OCCCCOC(=O)C=C)cc5)c(C(=O)OCC(C)CC)c4)CC3)cc2C(=O)OCC(C)CC)cc1. The molecule has 0 saturated heterocycles. The van der Waals surface area contributed by atoms with Crippen LogP contribution in [0.2, 0.25) is 0 Å². The largest absolute Gasteiger partial charge is 0.463 e. The Kier molecular flexibility index (Phi) is 25.7. The van der Waals surface area contributed by atoms with Crippen molar-refractivity contribution in [1.82, 2.24) is 0 Å². The Morgan fingerprint density at radius 2 is 0.744 bits per heavy atom. The number of benzene rings is 4. The van der Waals surface area contributed by atoms with Crippen molar-refractivity contribution in [1.29, 1.82) is 0 Å². The Morgan fingerprint density at radius 1 is 0.427 bits per heavy atom. The fourth-order valence-corrected chi connectivity index (χ4v) is 7.60. The second-order valence-corrected chi connectivity index (χ2v) is 19.3. The predicted molar refractivity (Wildman–Crippen MR) is 293 cm³/mol. The summed E-state index contributed by atoms with van der Waals surface area (Å²) < 4.78 is 54.1. The highest BCUT2D eigenvalue weighted by molar-refractivity contribution is 5.99. The van der Waals surface area contributed by atoms with Gasteiger partial charge >= 0.3 is 59.7 Å². The van der Waals surface area contributed by atoms with Gasteiger partial charge < -0.3 is 47.4 Å². The lowest BCUT2D eigenvalue weighted by atomic mass is 9.82. The van der Waals surface area contributed by atoms with E-state index in [4.69, 9.17) is 47.4 Å². The zero-order valence-electron chi connectivity index (χ0n) is 46.4. The van der Waals surface area contributed by atoms with Crippen molar-refractivity contribution in [3.05, 3.63) is 144 Å². The molecule has 1 saturated carbocycles. The lowest BCUT2D eigenvalue weighted by Gasteiger charge is -2.26. The number of unbranched alkanes of at least 4 members (excludes halogenated alkanes) is 2. The topological polar surface area (TPSA) is 263 Å². The van der Waals surface area contributed by atoms with Crippen LogP contribution in [0.1, 0.15) is 154 Å². The zero-order chi connectivity index (χ0) is 59.6. The lowest BCUT2D eigenvalue weighted by Crippen LogP contribution is -2.30. The monoisotopic (exact) mass is 1130 g/mol. The van der Waals surface area contributed by atoms with Crippen LogP contribution in [0, 0.1) is 23.7 Å². The van der Waals surface area contributed by atoms with Gasteiger partial charge in [-0.3, -0.25) is 9.59 Å². The molecule has 20 heteroatoms. The lowest BCUT2D eigenvalue weighted by molar-refractivity contribution is -0.145. The quantitative estimate of drug-likeness (QED) is 0.0154. The molecule has 20 nitrogen and oxygen atoms in total. The van der Waals surface area contributed by atoms with Gasteiger partial charge in [-0.25, -0.2) is 38.4 Å². The number of carbonyl (C=O) groups excluding carboxylic acids is 10. The van der Waals surface area contributed by atoms with Crippen molar-refractivity contribution in [2.45, 2.75) is 91.9 Å². The van der Waals surface area contributed by atoms with E-state index in [1.165, 1.54) is 84.9 Å². The summed E-state index contributed by atoms with van der Waals surface area (Å²) >= 11 is 0. The maximum absolute atomic E-state index is 13.6. The maximum atomic E-state index is 13.6. The Morgan fingerprint density at radius 3 is 1.06 bits per heavy atom. The van der Waals surface area contributed by atoms with Crippen LogP contribution >= 0.6 is 0 Å². The number of hydrogen-bond donors (Lipinski definition) is 0. The van der Waals surface area contributed by atoms with Crippen molar-refractivity contribution >= 4 is 59.7 Å². The highest BCUT2D eigenvalue weighted by atomic mass is 16.6. The van der Waals surface area contributed by atoms with Gasteiger partial charge in [0.25, 0.3) is 0 Å². The number of carbonyl (C=O) groups is 10. The van der Waals surface area contributed by atoms with E-state index in [0.29, 0.717) is 25.7 Å². The Bertz CT molecular complexity index is 2720. The summed E-state index contributed by atoms with van der Waals surface area (Å²) in [6.45, 7) is 14.9. The molecule has 1 aliphatic carbocycles. The first-order chi connectivity index (χ1) is 39.4. The summed E-state index contributed by atoms with van der Waals surface area (Å²) in [6, 6.07) is 18.8. The van der Waals surface area contributed by atoms with Gasteiger partial charge in [0.05, 0.1) is 73.7 Å². The molecule has 2 atom stereocenters. The third-order valence-electron chi connectivity index (χ3n) is 13.0. The van der Waals surface area contributed by atoms with Crippen molar-refractivity contribution in [2.75, 3.05) is 39.6 Å². The third-order valence-corrected chi connectivity index (χ3v) is 13.0. The van der Waals surface area contributed by atoms with Crippen molar-refractivity contribution in [3.63, 3.8) is 0 Å². The van der Waals surface area contributed by atoms with Gasteiger partial charge in [0, 0.05) is 12.2 Å². The number of ether oxygens (including phenoxy) is 10. The Balaban J connectivity index is 1.17. The number of rotatable bonds is 30. The molecule has 0 aromatic heterocycles. The van der Waals surface area contributed by atoms with Crippen LogP contribution in [0.4, 0.5) is 0 Å². The second-order valence-electron chi connectivity index (χ2n) is 19.3. The smallest absolute Gasteiger partial charge is 0.343 e. The summed E-state index contributed by atoms with van der Waals surface area (Å²) in [5.41, 5.74) is 0.0648. The van der Waals surface area contributed by atoms with E-state index in [1.807, 2.05) is 27.7 Å². The molecule has 1 fully saturated rings. The molecule has 0 bridgehead atoms. The van der Waals surface area contributed by atoms with Crippen molar-refractivity contribution < 1.29 is 95.3 Å². The van der Waals surface area contributed by atoms with Gasteiger partial charge in [0.2, 0.25) is 0 Å². The summed E-state index contributed by atoms with van der Waals surface area (Å²) in [5.74, 6) is -8.63. The molecule has 4 aromatic rings. The van der Waals surface area contributed by atoms with Crippen molar-refractivity contribution in [2.24, 2.45) is 23.7 Å². The van der Waals surface area contributed by atoms with Crippen LogP contribution in [-0.2, 0) is 47.6 Å². The van der Waals surface area contributed by atoms with Crippen molar-refractivity contribution in [3.8, 4) is 23.0 Å². The van der Waals surface area contributed by atoms with Gasteiger partial charge in [0.1, 0.15) is 34.1 Å². The van der Waals surface area contributed by atoms with E-state index >= 15 is 0 Å². The fourth-order valence-electron chi connectivity index (χ4n) is 7.60. The Hall–Kier alpha value is -8.94. The summed E-state index contributed by atoms with van der Waals surface area (Å²) in [7, 11) is 0. The fraction of sp³-hybridized carbons (Fsp3) is 0.387. The normalized spacial score (nSPS) is 14.2. The standard InChI is InChI=1S/C62H68O20/c1-7-39(5)37-77-61(71)49-35-47(27-29-51(49)81-59(69)45-19-15-41(16-20-45)55(65)75-33-13-11-31-73-53(63)9-3)79-57(67)43-23-25-44(26-24-43)58(68)80-48-28-30-52(50(36-48)62(72)78-38-40(6)8-2)82-60(70)46-21-17-42(18-22-46)56(66)76-34-14-12-32-74-54(64)10-4/h9-10,15-22,27-30,35-36,39-40,43-44H,3-4,7-8,11-14,23-26,31-34,37-38H2,1-2,5-6H3. The van der Waals surface area contributed by atoms with Gasteiger partial charge in [-0.05, 0) is 148 Å². The summed E-state index contributed by atoms with van der Waals surface area (Å²) in [4.78, 5) is 128. The average molecular weight is 1130 g/mol.